The Hall–Kier alpha value is -15.0. The van der Waals surface area contributed by atoms with Crippen LogP contribution in [0.3, 0.4) is 0 Å². The minimum atomic E-state index is -3.34. The Morgan fingerprint density at radius 1 is 0.294 bits per heavy atom. The van der Waals surface area contributed by atoms with Gasteiger partial charge in [-0.15, -0.1) is 0 Å². The highest BCUT2D eigenvalue weighted by Gasteiger charge is 2.38. The Morgan fingerprint density at radius 3 is 0.810 bits per heavy atom. The fraction of sp³-hybridized carbons (Fsp3) is 0.333. The normalized spacial score (nSPS) is 24.7. The number of nitrogen functional groups attached to an aromatic ring is 6. The lowest BCUT2D eigenvalue weighted by molar-refractivity contribution is -0.133. The Bertz CT molecular complexity index is 8520. The van der Waals surface area contributed by atoms with E-state index in [0.717, 1.165) is 13.7 Å². The maximum absolute atomic E-state index is 13.3. The van der Waals surface area contributed by atoms with Crippen LogP contribution in [-0.2, 0) is 57.5 Å². The van der Waals surface area contributed by atoms with Gasteiger partial charge in [0.2, 0.25) is 0 Å². The first kappa shape index (κ1) is 55.9. The number of ketones is 12. The number of nitrogens with two attached hydrogens (primary N) is 6. The largest absolute Gasteiger partial charge is 0.398 e. The summed E-state index contributed by atoms with van der Waals surface area (Å²) < 4.78 is 254. The number of aryl methyl sites for hydroxylation is 6. The average Bonchev–Trinajstić information content (AvgIpc) is 0.704. The molecule has 0 spiro atoms. The van der Waals surface area contributed by atoms with Crippen molar-refractivity contribution in [1.82, 2.24) is 57.3 Å². The van der Waals surface area contributed by atoms with Crippen molar-refractivity contribution in [2.45, 2.75) is 193 Å². The van der Waals surface area contributed by atoms with E-state index in [1.54, 1.807) is 36.4 Å². The molecule has 6 aromatic carbocycles. The van der Waals surface area contributed by atoms with Gasteiger partial charge in [0, 0.05) is 100.0 Å². The predicted molar refractivity (Wildman–Crippen MR) is 468 cm³/mol. The molecule has 6 fully saturated rings. The molecule has 6 saturated carbocycles. The van der Waals surface area contributed by atoms with Crippen molar-refractivity contribution in [3.63, 3.8) is 0 Å². The van der Waals surface area contributed by atoms with E-state index in [4.69, 9.17) is 78.3 Å². The SMILES string of the molecule is [2H]C([2H])c1nc2cccc(N)c2c(=O)n1C1CCC(=O)CC1=O.[2H]Cc1nc2c([2H])c([2H])c([2H])c(N)c2c(=O)n1C1CCC(=O)CC1=O.[2H]Cc1nc2cccc(N)c2c(=O)n1C1CCC(=O)CC1=O.[2H]c1c([2H])c(N)c2c(=O)n(C3CCC(=O)CC3=O)c(C([2H])[2H])nc2c1[2H].[2H]c1c([2H])c(N)c2c(=O)n([C@@H]3C(=O)CC(=O)C([2H])([2H])C3([2H])[2H])c(C([2H])([2H])[2H])nc2c1[2H].[2H]c1c([2H])c(N)c2c(=O)n([C@H]3C(=O)CC(=O)C([2H])([2H])C3([2H])[2H])c(C([2H])([2H])[2H])nc2c1[2H]. The van der Waals surface area contributed by atoms with Crippen LogP contribution in [0.5, 0.6) is 0 Å². The van der Waals surface area contributed by atoms with Gasteiger partial charge in [0.15, 0.2) is 34.7 Å². The van der Waals surface area contributed by atoms with Crippen molar-refractivity contribution < 1.29 is 101 Å². The highest BCUT2D eigenvalue weighted by molar-refractivity contribution is 6.08. The molecule has 0 aliphatic heterocycles. The van der Waals surface area contributed by atoms with Gasteiger partial charge in [-0.1, -0.05) is 36.3 Å². The number of fused-ring (bicyclic) bond motifs is 6. The van der Waals surface area contributed by atoms with Gasteiger partial charge in [0.25, 0.3) is 33.4 Å². The fourth-order valence-electron chi connectivity index (χ4n) is 14.7. The van der Waals surface area contributed by atoms with Gasteiger partial charge in [-0.3, -0.25) is 114 Å². The number of hydrogen-bond acceptors (Lipinski definition) is 30. The molecule has 36 nitrogen and oxygen atoms in total. The van der Waals surface area contributed by atoms with Gasteiger partial charge in [-0.25, -0.2) is 29.9 Å². The molecule has 0 amide bonds. The zero-order chi connectivity index (χ0) is 118. The maximum atomic E-state index is 13.3. The first-order valence-corrected chi connectivity index (χ1v) is 37.7. The summed E-state index contributed by atoms with van der Waals surface area (Å²) in [5.41, 5.74) is 27.1. The smallest absolute Gasteiger partial charge is 0.264 e. The van der Waals surface area contributed by atoms with Crippen molar-refractivity contribution in [3.05, 3.63) is 206 Å². The van der Waals surface area contributed by atoms with E-state index in [2.05, 4.69) is 29.9 Å². The zero-order valence-corrected chi connectivity index (χ0v) is 65.6. The number of nitrogens with zero attached hydrogens (tertiary/aromatic N) is 12. The van der Waals surface area contributed by atoms with Crippen molar-refractivity contribution in [2.75, 3.05) is 34.4 Å². The minimum absolute atomic E-state index is 0.0322. The van der Waals surface area contributed by atoms with Crippen LogP contribution in [0.4, 0.5) is 34.1 Å². The van der Waals surface area contributed by atoms with E-state index in [0.29, 0.717) is 16.7 Å². The van der Waals surface area contributed by atoms with Crippen LogP contribution >= 0.6 is 0 Å². The molecule has 4 unspecified atom stereocenters. The van der Waals surface area contributed by atoms with Crippen LogP contribution in [0.1, 0.15) is 230 Å². The lowest BCUT2D eigenvalue weighted by Gasteiger charge is -2.24. The number of anilines is 6. The van der Waals surface area contributed by atoms with Gasteiger partial charge in [0.1, 0.15) is 69.6 Å². The highest BCUT2D eigenvalue weighted by atomic mass is 16.2. The Kier molecular flexibility index (Phi) is 16.2. The molecular weight excluding hydrogens is 1620 g/mol. The van der Waals surface area contributed by atoms with E-state index in [1.165, 1.54) is 4.57 Å². The molecular formula is C90H90N18O18. The number of carbonyl (C=O) groups is 12. The van der Waals surface area contributed by atoms with Crippen molar-refractivity contribution in [2.24, 2.45) is 0 Å². The summed E-state index contributed by atoms with van der Waals surface area (Å²) in [6.07, 6.45) is -15.1. The Morgan fingerprint density at radius 2 is 0.532 bits per heavy atom. The minimum Gasteiger partial charge on any atom is -0.398 e. The van der Waals surface area contributed by atoms with Gasteiger partial charge in [-0.2, -0.15) is 0 Å². The number of carbonyl (C=O) groups excluding carboxylic acids is 12. The first-order chi connectivity index (χ1) is 73.3. The number of Topliss-reactive ketones (excluding diaryl/α,β-unsaturated/α-hetero) is 12. The molecule has 6 aromatic heterocycles. The van der Waals surface area contributed by atoms with Crippen molar-refractivity contribution in [1.29, 1.82) is 0 Å². The second-order valence-corrected chi connectivity index (χ2v) is 28.9. The predicted octanol–water partition coefficient (Wildman–Crippen LogP) is 6.90. The molecule has 18 rings (SSSR count). The molecule has 36 heteroatoms. The number of hydrogen-bond donors (Lipinski definition) is 6. The number of benzene rings is 6. The van der Waals surface area contributed by atoms with Gasteiger partial charge in [0.05, 0.1) is 157 Å². The van der Waals surface area contributed by atoms with E-state index < -0.39 is 294 Å². The molecule has 0 bridgehead atoms. The summed E-state index contributed by atoms with van der Waals surface area (Å²) in [5.74, 6) is -10.1. The molecule has 6 heterocycles. The zero-order valence-electron chi connectivity index (χ0n) is 97.6. The summed E-state index contributed by atoms with van der Waals surface area (Å²) in [4.78, 5) is 246. The first-order valence-electron chi connectivity index (χ1n) is 54.4. The standard InChI is InChI=1S/6C15H15N3O3/c6*1-8-17-11-4-2-3-10(16)14(11)15(21)18(8)12-6-5-9(19)7-13(12)20/h6*2-4,12H,5-7,16H2,1H3/t2*12-;;;;/m10..../s1/i2*1D3,2D,3D,4D,5D2,6D2;1D2,2D,3D,4D;1D,2D,3D,4D;1D2;1D. The van der Waals surface area contributed by atoms with Crippen LogP contribution in [0, 0.1) is 41.3 Å². The second-order valence-electron chi connectivity index (χ2n) is 28.9. The van der Waals surface area contributed by atoms with Crippen molar-refractivity contribution >= 4 is 169 Å². The third-order valence-electron chi connectivity index (χ3n) is 20.7. The van der Waals surface area contributed by atoms with Crippen LogP contribution in [0.25, 0.3) is 65.4 Å². The third kappa shape index (κ3) is 17.8. The molecule has 6 aliphatic rings. The Balaban J connectivity index is 0.000000157. The second kappa shape index (κ2) is 36.6. The van der Waals surface area contributed by atoms with Crippen LogP contribution in [0.15, 0.2) is 138 Å². The van der Waals surface area contributed by atoms with Crippen molar-refractivity contribution in [3.8, 4) is 0 Å². The highest BCUT2D eigenvalue weighted by Crippen LogP contribution is 2.33. The number of aromatic nitrogens is 12. The molecule has 126 heavy (non-hydrogen) atoms. The van der Waals surface area contributed by atoms with Gasteiger partial charge >= 0.3 is 0 Å². The van der Waals surface area contributed by atoms with Gasteiger partial charge in [-0.05, 0) is 152 Å². The topological polar surface area (TPSA) is 570 Å². The van der Waals surface area contributed by atoms with E-state index >= 15 is 0 Å². The maximum Gasteiger partial charge on any atom is 0.264 e. The van der Waals surface area contributed by atoms with E-state index in [-0.39, 0.29) is 201 Å². The third-order valence-corrected chi connectivity index (χ3v) is 20.7. The molecule has 0 radical (unpaired) electrons. The quantitative estimate of drug-likeness (QED) is 0.0727. The lowest BCUT2D eigenvalue weighted by Crippen LogP contribution is -2.36. The lowest BCUT2D eigenvalue weighted by atomic mass is 9.92. The van der Waals surface area contributed by atoms with Gasteiger partial charge < -0.3 is 34.4 Å². The Labute approximate surface area is 759 Å². The average molecular weight is 1740 g/mol. The summed E-state index contributed by atoms with van der Waals surface area (Å²) in [7, 11) is 0. The molecule has 12 N–H and O–H groups in total. The monoisotopic (exact) mass is 1740 g/mol. The fourth-order valence-corrected chi connectivity index (χ4v) is 14.7. The molecule has 6 atom stereocenters. The van der Waals surface area contributed by atoms with Crippen LogP contribution < -0.4 is 67.8 Å². The molecule has 0 saturated heterocycles. The van der Waals surface area contributed by atoms with E-state index in [9.17, 15) is 86.3 Å². The summed E-state index contributed by atoms with van der Waals surface area (Å²) in [6, 6.07) is -5.91. The van der Waals surface area contributed by atoms with E-state index in [1.807, 2.05) is 0 Å². The molecule has 6 aliphatic carbocycles. The number of rotatable bonds is 6. The molecule has 12 aromatic rings. The van der Waals surface area contributed by atoms with Crippen LogP contribution in [0.2, 0.25) is 0 Å². The van der Waals surface area contributed by atoms with Crippen LogP contribution in [-0.4, -0.2) is 127 Å². The summed E-state index contributed by atoms with van der Waals surface area (Å²) >= 11 is 0. The summed E-state index contributed by atoms with van der Waals surface area (Å²) in [6.45, 7) is -10.4. The summed E-state index contributed by atoms with van der Waals surface area (Å²) in [5, 5.41) is -1.43. The molecule has 648 valence electrons.